The lowest BCUT2D eigenvalue weighted by Gasteiger charge is -2.35. The molecule has 0 saturated carbocycles. The molecular weight excluding hydrogens is 408 g/mol. The molecule has 8 heteroatoms. The molecule has 0 aliphatic carbocycles. The van der Waals surface area contributed by atoms with Gasteiger partial charge in [0, 0.05) is 36.7 Å². The number of methoxy groups -OCH3 is 1. The van der Waals surface area contributed by atoms with Gasteiger partial charge in [0.25, 0.3) is 5.91 Å². The summed E-state index contributed by atoms with van der Waals surface area (Å²) >= 11 is 0. The van der Waals surface area contributed by atoms with Gasteiger partial charge in [-0.05, 0) is 23.8 Å². The van der Waals surface area contributed by atoms with Crippen molar-refractivity contribution in [3.63, 3.8) is 0 Å². The van der Waals surface area contributed by atoms with Gasteiger partial charge in [0.15, 0.2) is 0 Å². The number of benzene rings is 2. The van der Waals surface area contributed by atoms with Gasteiger partial charge in [0.2, 0.25) is 5.91 Å². The Kier molecular flexibility index (Phi) is 6.72. The molecule has 2 aromatic carbocycles. The van der Waals surface area contributed by atoms with Crippen LogP contribution in [-0.4, -0.2) is 61.2 Å². The maximum absolute atomic E-state index is 12.8. The number of ether oxygens (including phenoxy) is 2. The second-order valence-corrected chi connectivity index (χ2v) is 7.79. The van der Waals surface area contributed by atoms with Gasteiger partial charge in [-0.2, -0.15) is 0 Å². The predicted molar refractivity (Wildman–Crippen MR) is 122 cm³/mol. The van der Waals surface area contributed by atoms with Crippen molar-refractivity contribution in [3.05, 3.63) is 65.9 Å². The summed E-state index contributed by atoms with van der Waals surface area (Å²) in [6.07, 6.45) is 1.65. The van der Waals surface area contributed by atoms with E-state index in [0.717, 1.165) is 35.3 Å². The number of morpholine rings is 1. The van der Waals surface area contributed by atoms with Gasteiger partial charge in [-0.1, -0.05) is 30.3 Å². The lowest BCUT2D eigenvalue weighted by Crippen LogP contribution is -2.44. The minimum absolute atomic E-state index is 0.0244. The third-order valence-corrected chi connectivity index (χ3v) is 5.85. The second-order valence-electron chi connectivity index (χ2n) is 7.79. The number of rotatable bonds is 8. The predicted octanol–water partition coefficient (Wildman–Crippen LogP) is 1.94. The molecule has 1 fully saturated rings. The highest BCUT2D eigenvalue weighted by molar-refractivity contribution is 6.06. The molecule has 1 aliphatic rings. The van der Waals surface area contributed by atoms with Gasteiger partial charge >= 0.3 is 0 Å². The van der Waals surface area contributed by atoms with E-state index in [2.05, 4.69) is 10.2 Å². The number of para-hydroxylation sites is 1. The number of hydrogen-bond donors (Lipinski definition) is 2. The highest BCUT2D eigenvalue weighted by Crippen LogP contribution is 2.24. The number of carbonyl (C=O) groups is 2. The van der Waals surface area contributed by atoms with Crippen LogP contribution in [0.25, 0.3) is 10.9 Å². The summed E-state index contributed by atoms with van der Waals surface area (Å²) in [5.74, 6) is 0.157. The zero-order chi connectivity index (χ0) is 22.5. The zero-order valence-corrected chi connectivity index (χ0v) is 18.1. The number of aromatic nitrogens is 1. The van der Waals surface area contributed by atoms with Crippen molar-refractivity contribution >= 4 is 22.7 Å². The monoisotopic (exact) mass is 436 g/mol. The first-order chi connectivity index (χ1) is 15.6. The van der Waals surface area contributed by atoms with E-state index < -0.39 is 5.91 Å². The molecule has 1 aromatic heterocycles. The first-order valence-corrected chi connectivity index (χ1v) is 10.7. The molecule has 32 heavy (non-hydrogen) atoms. The van der Waals surface area contributed by atoms with E-state index in [1.165, 1.54) is 0 Å². The molecule has 1 aliphatic heterocycles. The number of nitrogens with zero attached hydrogens (tertiary/aromatic N) is 2. The van der Waals surface area contributed by atoms with Gasteiger partial charge in [0.1, 0.15) is 12.3 Å². The fraction of sp³-hybridized carbons (Fsp3) is 0.333. The molecule has 2 amide bonds. The molecule has 3 N–H and O–H groups in total. The topological polar surface area (TPSA) is 98.8 Å². The standard InChI is InChI=1S/C24H28N4O4/c1-31-18-8-6-17(7-9-18)22(27-10-12-32-13-11-27)14-26-23(29)16-28-15-20(24(25)30)19-4-2-3-5-21(19)28/h2-9,15,22H,10-14,16H2,1H3,(H2,25,30)(H,26,29)/t22-/m1/s1. The van der Waals surface area contributed by atoms with Gasteiger partial charge in [-0.3, -0.25) is 14.5 Å². The van der Waals surface area contributed by atoms with E-state index in [4.69, 9.17) is 15.2 Å². The molecule has 3 aromatic rings. The van der Waals surface area contributed by atoms with E-state index in [0.29, 0.717) is 25.3 Å². The number of primary amides is 1. The molecule has 0 bridgehead atoms. The van der Waals surface area contributed by atoms with Gasteiger partial charge < -0.3 is 25.1 Å². The summed E-state index contributed by atoms with van der Waals surface area (Å²) in [4.78, 5) is 27.0. The van der Waals surface area contributed by atoms with Crippen LogP contribution in [0.1, 0.15) is 22.0 Å². The van der Waals surface area contributed by atoms with E-state index in [1.54, 1.807) is 17.9 Å². The molecule has 0 spiro atoms. The van der Waals surface area contributed by atoms with Gasteiger partial charge in [-0.15, -0.1) is 0 Å². The molecule has 0 radical (unpaired) electrons. The average Bonchev–Trinajstić information content (AvgIpc) is 3.19. The lowest BCUT2D eigenvalue weighted by molar-refractivity contribution is -0.122. The SMILES string of the molecule is COc1ccc([C@@H](CNC(=O)Cn2cc(C(N)=O)c3ccccc32)N2CCOCC2)cc1. The Morgan fingerprint density at radius 3 is 2.53 bits per heavy atom. The summed E-state index contributed by atoms with van der Waals surface area (Å²) in [5.41, 5.74) is 7.84. The van der Waals surface area contributed by atoms with Crippen LogP contribution < -0.4 is 15.8 Å². The Balaban J connectivity index is 1.48. The summed E-state index contributed by atoms with van der Waals surface area (Å²) in [5, 5.41) is 3.82. The van der Waals surface area contributed by atoms with Crippen LogP contribution in [0.15, 0.2) is 54.7 Å². The molecule has 4 rings (SSSR count). The molecular formula is C24H28N4O4. The largest absolute Gasteiger partial charge is 0.497 e. The average molecular weight is 437 g/mol. The molecule has 168 valence electrons. The van der Waals surface area contributed by atoms with Crippen LogP contribution in [0.2, 0.25) is 0 Å². The number of fused-ring (bicyclic) bond motifs is 1. The smallest absolute Gasteiger partial charge is 0.250 e. The highest BCUT2D eigenvalue weighted by atomic mass is 16.5. The van der Waals surface area contributed by atoms with Crippen molar-refractivity contribution in [3.8, 4) is 5.75 Å². The van der Waals surface area contributed by atoms with Crippen molar-refractivity contribution in [2.45, 2.75) is 12.6 Å². The van der Waals surface area contributed by atoms with Gasteiger partial charge in [0.05, 0.1) is 31.9 Å². The minimum atomic E-state index is -0.507. The van der Waals surface area contributed by atoms with Crippen LogP contribution >= 0.6 is 0 Å². The van der Waals surface area contributed by atoms with Gasteiger partial charge in [-0.25, -0.2) is 0 Å². The maximum Gasteiger partial charge on any atom is 0.250 e. The normalized spacial score (nSPS) is 15.4. The Labute approximate surface area is 186 Å². The van der Waals surface area contributed by atoms with Crippen molar-refractivity contribution in [2.24, 2.45) is 5.73 Å². The van der Waals surface area contributed by atoms with Crippen LogP contribution in [0.4, 0.5) is 0 Å². The fourth-order valence-corrected chi connectivity index (χ4v) is 4.17. The first kappa shape index (κ1) is 21.9. The highest BCUT2D eigenvalue weighted by Gasteiger charge is 2.23. The fourth-order valence-electron chi connectivity index (χ4n) is 4.17. The number of nitrogens with one attached hydrogen (secondary N) is 1. The van der Waals surface area contributed by atoms with Crippen molar-refractivity contribution in [1.29, 1.82) is 0 Å². The molecule has 2 heterocycles. The molecule has 8 nitrogen and oxygen atoms in total. The van der Waals surface area contributed by atoms with Crippen LogP contribution in [0.3, 0.4) is 0 Å². The van der Waals surface area contributed by atoms with Crippen LogP contribution in [-0.2, 0) is 16.1 Å². The van der Waals surface area contributed by atoms with E-state index in [-0.39, 0.29) is 18.5 Å². The summed E-state index contributed by atoms with van der Waals surface area (Å²) in [6, 6.07) is 15.4. The first-order valence-electron chi connectivity index (χ1n) is 10.7. The Hall–Kier alpha value is -3.36. The Bertz CT molecular complexity index is 1090. The van der Waals surface area contributed by atoms with E-state index in [1.807, 2.05) is 48.5 Å². The summed E-state index contributed by atoms with van der Waals surface area (Å²) in [6.45, 7) is 3.52. The Morgan fingerprint density at radius 2 is 1.84 bits per heavy atom. The number of carbonyl (C=O) groups excluding carboxylic acids is 2. The summed E-state index contributed by atoms with van der Waals surface area (Å²) in [7, 11) is 1.64. The third kappa shape index (κ3) is 4.76. The van der Waals surface area contributed by atoms with Crippen molar-refractivity contribution in [1.82, 2.24) is 14.8 Å². The van der Waals surface area contributed by atoms with Crippen molar-refractivity contribution < 1.29 is 19.1 Å². The number of nitrogens with two attached hydrogens (primary N) is 1. The van der Waals surface area contributed by atoms with Crippen LogP contribution in [0.5, 0.6) is 5.75 Å². The number of hydrogen-bond acceptors (Lipinski definition) is 5. The van der Waals surface area contributed by atoms with Crippen LogP contribution in [0, 0.1) is 0 Å². The third-order valence-electron chi connectivity index (χ3n) is 5.85. The second kappa shape index (κ2) is 9.84. The van der Waals surface area contributed by atoms with Crippen molar-refractivity contribution in [2.75, 3.05) is 40.0 Å². The lowest BCUT2D eigenvalue weighted by atomic mass is 10.0. The molecule has 1 atom stereocenters. The maximum atomic E-state index is 12.8. The quantitative estimate of drug-likeness (QED) is 0.562. The van der Waals surface area contributed by atoms with E-state index >= 15 is 0 Å². The summed E-state index contributed by atoms with van der Waals surface area (Å²) < 4.78 is 12.5. The zero-order valence-electron chi connectivity index (χ0n) is 18.1. The molecule has 0 unspecified atom stereocenters. The number of amides is 2. The minimum Gasteiger partial charge on any atom is -0.497 e. The Morgan fingerprint density at radius 1 is 1.12 bits per heavy atom. The van der Waals surface area contributed by atoms with E-state index in [9.17, 15) is 9.59 Å². The molecule has 1 saturated heterocycles.